The molecule has 0 spiro atoms. The van der Waals surface area contributed by atoms with Gasteiger partial charge in [-0.3, -0.25) is 9.59 Å². The predicted octanol–water partition coefficient (Wildman–Crippen LogP) is 3.67. The van der Waals surface area contributed by atoms with Crippen molar-refractivity contribution in [2.75, 3.05) is 24.6 Å². The number of fused-ring (bicyclic) bond motifs is 10. The molecule has 8 fully saturated rings. The van der Waals surface area contributed by atoms with Crippen LogP contribution in [0.3, 0.4) is 0 Å². The fourth-order valence-corrected chi connectivity index (χ4v) is 18.9. The molecule has 71 heavy (non-hydrogen) atoms. The van der Waals surface area contributed by atoms with Gasteiger partial charge in [0.2, 0.25) is 11.8 Å². The number of hydrogen-bond acceptors (Lipinski definition) is 14. The number of aliphatic hydroxyl groups excluding tert-OH is 6. The number of carbonyl (C=O) groups is 2. The molecule has 8 unspecified atom stereocenters. The van der Waals surface area contributed by atoms with Crippen LogP contribution in [-0.4, -0.2) is 175 Å². The minimum absolute atomic E-state index is 0. The van der Waals surface area contributed by atoms with Crippen LogP contribution in [0.4, 0.5) is 0 Å². The Morgan fingerprint density at radius 3 is 1.24 bits per heavy atom. The van der Waals surface area contributed by atoms with Crippen molar-refractivity contribution in [1.29, 1.82) is 0 Å². The number of hydrogen-bond donors (Lipinski definition) is 8. The average Bonchev–Trinajstić information content (AvgIpc) is 3.81. The van der Waals surface area contributed by atoms with Crippen molar-refractivity contribution in [3.05, 3.63) is 0 Å². The molecule has 0 aromatic rings. The number of amides is 2. The number of carbonyl (C=O) groups excluding carboxylic acids is 2. The van der Waals surface area contributed by atoms with Crippen LogP contribution in [0.5, 0.6) is 0 Å². The molecule has 16 nitrogen and oxygen atoms in total. The Bertz CT molecular complexity index is 1940. The van der Waals surface area contributed by atoms with Gasteiger partial charge in [0.15, 0.2) is 0 Å². The van der Waals surface area contributed by atoms with Crippen molar-refractivity contribution in [3.8, 4) is 0 Å². The SMILES string of the molecule is C[C@H](CCC(=O)NCCS(=O)(=O)[O-])[C@H]1CCC2C3C(C[C@H](O)[C@@]21C)[C@@]1(C)CC[C@@H](O)CC1C[C@H]3O.C[C@H](CCC(=O)NCCS(=O)(=O)[O-])[C@H]1CCC2C3C(C[C@H](O)[C@@]21C)[C@@]1(C)CC[C@@H](O)CC1C[C@H]3O.[Sr+2]. The molecule has 0 aliphatic heterocycles. The summed E-state index contributed by atoms with van der Waals surface area (Å²) in [7, 11) is -8.69. The van der Waals surface area contributed by atoms with E-state index in [1.165, 1.54) is 0 Å². The summed E-state index contributed by atoms with van der Waals surface area (Å²) >= 11 is 0. The minimum Gasteiger partial charge on any atom is -0.748 e. The zero-order valence-electron chi connectivity index (χ0n) is 43.4. The van der Waals surface area contributed by atoms with Crippen molar-refractivity contribution in [2.45, 2.75) is 194 Å². The Kier molecular flexibility index (Phi) is 19.6. The molecule has 0 heterocycles. The third kappa shape index (κ3) is 12.3. The van der Waals surface area contributed by atoms with Crippen molar-refractivity contribution in [1.82, 2.24) is 10.6 Å². The molecule has 8 aliphatic rings. The first-order valence-corrected chi connectivity index (χ1v) is 30.2. The standard InChI is InChI=1S/2C26H45NO7S.Sr/c2*1-15(4-7-23(31)27-10-11-35(32,33)34)18-5-6-19-24-20(14-22(30)26(18,19)3)25(2)9-8-17(28)12-16(25)13-21(24)29;/h2*15-22,24,28-30H,4-14H2,1-3H3,(H,27,31)(H,32,33,34);/q;;+2/p-2/t2*15-,16?,17-,18-,19?,20?,21-,22+,24?,25+,26-;/m11./s1. The van der Waals surface area contributed by atoms with Gasteiger partial charge in [0.1, 0.15) is 0 Å². The summed E-state index contributed by atoms with van der Waals surface area (Å²) in [6.45, 7) is 13.0. The van der Waals surface area contributed by atoms with E-state index < -0.39 is 56.2 Å². The van der Waals surface area contributed by atoms with Crippen LogP contribution >= 0.6 is 0 Å². The smallest absolute Gasteiger partial charge is 0.748 e. The van der Waals surface area contributed by atoms with Crippen molar-refractivity contribution in [3.63, 3.8) is 0 Å². The van der Waals surface area contributed by atoms with E-state index in [2.05, 4.69) is 52.2 Å². The zero-order chi connectivity index (χ0) is 51.5. The summed E-state index contributed by atoms with van der Waals surface area (Å²) in [5.74, 6) is 1.04. The molecule has 0 radical (unpaired) electrons. The Hall–Kier alpha value is 0.000519. The second-order valence-corrected chi connectivity index (χ2v) is 28.4. The monoisotopic (exact) mass is 1120 g/mol. The quantitative estimate of drug-likeness (QED) is 0.0910. The summed E-state index contributed by atoms with van der Waals surface area (Å²) in [6, 6.07) is 0. The van der Waals surface area contributed by atoms with Gasteiger partial charge >= 0.3 is 45.5 Å². The van der Waals surface area contributed by atoms with Crippen LogP contribution in [0.25, 0.3) is 0 Å². The van der Waals surface area contributed by atoms with Gasteiger partial charge in [-0.25, -0.2) is 16.8 Å². The van der Waals surface area contributed by atoms with Crippen molar-refractivity contribution < 1.29 is 66.2 Å². The first-order valence-electron chi connectivity index (χ1n) is 27.0. The van der Waals surface area contributed by atoms with Gasteiger partial charge in [-0.1, -0.05) is 41.5 Å². The van der Waals surface area contributed by atoms with Crippen LogP contribution in [0.2, 0.25) is 0 Å². The first-order chi connectivity index (χ1) is 32.5. The Balaban J connectivity index is 0.000000229. The van der Waals surface area contributed by atoms with Gasteiger partial charge in [0.05, 0.1) is 68.4 Å². The molecule has 0 bridgehead atoms. The average molecular weight is 1120 g/mol. The molecule has 404 valence electrons. The summed E-state index contributed by atoms with van der Waals surface area (Å²) in [4.78, 5) is 24.4. The van der Waals surface area contributed by atoms with Crippen molar-refractivity contribution >= 4 is 77.5 Å². The molecule has 22 atom stereocenters. The molecular formula is C52H88N2O14S2Sr. The number of aliphatic hydroxyl groups is 6. The molecule has 8 N–H and O–H groups in total. The van der Waals surface area contributed by atoms with E-state index in [9.17, 15) is 66.2 Å². The molecule has 2 amide bonds. The molecule has 8 aliphatic carbocycles. The van der Waals surface area contributed by atoms with Crippen molar-refractivity contribution in [2.24, 2.45) is 92.7 Å². The molecule has 0 aromatic heterocycles. The zero-order valence-corrected chi connectivity index (χ0v) is 48.5. The largest absolute Gasteiger partial charge is 2.00 e. The maximum absolute atomic E-state index is 12.2. The maximum Gasteiger partial charge on any atom is 2.00 e. The van der Waals surface area contributed by atoms with Crippen LogP contribution in [-0.2, 0) is 29.8 Å². The summed E-state index contributed by atoms with van der Waals surface area (Å²) in [6.07, 6.45) is 11.2. The van der Waals surface area contributed by atoms with E-state index in [1.54, 1.807) is 0 Å². The van der Waals surface area contributed by atoms with E-state index in [0.29, 0.717) is 37.5 Å². The van der Waals surface area contributed by atoms with E-state index in [-0.39, 0.29) is 176 Å². The first kappa shape index (κ1) is 60.2. The molecule has 19 heteroatoms. The summed E-state index contributed by atoms with van der Waals surface area (Å²) in [5, 5.41) is 71.5. The van der Waals surface area contributed by atoms with Crippen LogP contribution < -0.4 is 10.6 Å². The van der Waals surface area contributed by atoms with Gasteiger partial charge in [-0.15, -0.1) is 0 Å². The van der Waals surface area contributed by atoms with E-state index in [4.69, 9.17) is 0 Å². The van der Waals surface area contributed by atoms with Crippen LogP contribution in [0.15, 0.2) is 0 Å². The second kappa shape index (κ2) is 23.1. The molecule has 0 aromatic carbocycles. The maximum atomic E-state index is 12.2. The second-order valence-electron chi connectivity index (χ2n) is 25.3. The van der Waals surface area contributed by atoms with Gasteiger partial charge in [-0.2, -0.15) is 0 Å². The molecule has 0 saturated heterocycles. The normalized spacial score (nSPS) is 45.6. The molecule has 8 saturated carbocycles. The minimum atomic E-state index is -4.35. The topological polar surface area (TPSA) is 294 Å². The Morgan fingerprint density at radius 2 is 0.901 bits per heavy atom. The Morgan fingerprint density at radius 1 is 0.549 bits per heavy atom. The number of nitrogens with one attached hydrogen (secondary N) is 2. The third-order valence-corrected chi connectivity index (χ3v) is 23.5. The number of rotatable bonds is 14. The van der Waals surface area contributed by atoms with Gasteiger partial charge < -0.3 is 50.4 Å². The third-order valence-electron chi connectivity index (χ3n) is 22.0. The predicted molar refractivity (Wildman–Crippen MR) is 266 cm³/mol. The van der Waals surface area contributed by atoms with E-state index in [1.807, 2.05) is 0 Å². The van der Waals surface area contributed by atoms with Crippen LogP contribution in [0, 0.1) is 92.7 Å². The molecule has 8 rings (SSSR count). The van der Waals surface area contributed by atoms with E-state index in [0.717, 1.165) is 77.0 Å². The fourth-order valence-electron chi connectivity index (χ4n) is 18.2. The Labute approximate surface area is 461 Å². The van der Waals surface area contributed by atoms with Gasteiger partial charge in [0, 0.05) is 25.9 Å². The van der Waals surface area contributed by atoms with Gasteiger partial charge in [0.25, 0.3) is 0 Å². The summed E-state index contributed by atoms with van der Waals surface area (Å²) < 4.78 is 64.4. The van der Waals surface area contributed by atoms with E-state index >= 15 is 0 Å². The van der Waals surface area contributed by atoms with Gasteiger partial charge in [-0.05, 0) is 195 Å². The van der Waals surface area contributed by atoms with Crippen LogP contribution in [0.1, 0.15) is 157 Å². The fraction of sp³-hybridized carbons (Fsp3) is 0.962. The molecular weight excluding hydrogens is 1030 g/mol. The summed E-state index contributed by atoms with van der Waals surface area (Å²) in [5.41, 5.74) is -0.534.